The minimum Gasteiger partial charge on any atom is -0.478 e. The number of hydrogen-bond acceptors (Lipinski definition) is 4. The van der Waals surface area contributed by atoms with E-state index in [0.29, 0.717) is 11.7 Å². The van der Waals surface area contributed by atoms with Crippen molar-refractivity contribution in [1.82, 2.24) is 5.32 Å². The summed E-state index contributed by atoms with van der Waals surface area (Å²) >= 11 is 0. The van der Waals surface area contributed by atoms with Crippen molar-refractivity contribution in [2.75, 3.05) is 6.54 Å². The largest absolute Gasteiger partial charge is 0.478 e. The van der Waals surface area contributed by atoms with E-state index < -0.39 is 11.9 Å². The second-order valence-corrected chi connectivity index (χ2v) is 6.22. The second-order valence-electron chi connectivity index (χ2n) is 6.22. The van der Waals surface area contributed by atoms with Crippen LogP contribution in [0, 0.1) is 5.92 Å². The van der Waals surface area contributed by atoms with Gasteiger partial charge in [0.2, 0.25) is 0 Å². The summed E-state index contributed by atoms with van der Waals surface area (Å²) in [6, 6.07) is 5.41. The first kappa shape index (κ1) is 18.1. The number of carboxylic acid groups (broad SMARTS) is 2. The van der Waals surface area contributed by atoms with Crippen LogP contribution >= 0.6 is 0 Å². The third-order valence-corrected chi connectivity index (χ3v) is 4.52. The predicted octanol–water partition coefficient (Wildman–Crippen LogP) is 2.58. The number of nitrogens with one attached hydrogen (secondary N) is 1. The van der Waals surface area contributed by atoms with Gasteiger partial charge in [0.15, 0.2) is 5.78 Å². The molecule has 0 unspecified atom stereocenters. The molecule has 1 aliphatic heterocycles. The average molecular weight is 333 g/mol. The Morgan fingerprint density at radius 2 is 1.50 bits per heavy atom. The highest BCUT2D eigenvalue weighted by molar-refractivity contribution is 5.93. The minimum absolute atomic E-state index is 0.0186. The van der Waals surface area contributed by atoms with E-state index in [1.165, 1.54) is 37.5 Å². The quantitative estimate of drug-likeness (QED) is 0.782. The van der Waals surface area contributed by atoms with E-state index in [1.54, 1.807) is 0 Å². The van der Waals surface area contributed by atoms with Crippen LogP contribution in [-0.4, -0.2) is 40.5 Å². The number of rotatable bonds is 4. The van der Waals surface area contributed by atoms with Gasteiger partial charge in [-0.2, -0.15) is 0 Å². The third kappa shape index (κ3) is 4.89. The fourth-order valence-electron chi connectivity index (χ4n) is 3.21. The zero-order valence-electron chi connectivity index (χ0n) is 13.5. The first-order valence-corrected chi connectivity index (χ1v) is 8.33. The Morgan fingerprint density at radius 1 is 0.917 bits per heavy atom. The van der Waals surface area contributed by atoms with Gasteiger partial charge in [0.05, 0.1) is 17.2 Å². The monoisotopic (exact) mass is 333 g/mol. The fraction of sp³-hybridized carbons (Fsp3) is 0.500. The number of aromatic carboxylic acids is 2. The van der Waals surface area contributed by atoms with Crippen LogP contribution in [0.1, 0.15) is 59.2 Å². The zero-order valence-corrected chi connectivity index (χ0v) is 13.5. The van der Waals surface area contributed by atoms with Gasteiger partial charge in [-0.1, -0.05) is 18.9 Å². The van der Waals surface area contributed by atoms with Crippen molar-refractivity contribution < 1.29 is 24.6 Å². The molecule has 2 fully saturated rings. The van der Waals surface area contributed by atoms with Gasteiger partial charge < -0.3 is 15.5 Å². The van der Waals surface area contributed by atoms with Crippen molar-refractivity contribution in [3.8, 4) is 0 Å². The summed E-state index contributed by atoms with van der Waals surface area (Å²) in [5.74, 6) is -1.35. The summed E-state index contributed by atoms with van der Waals surface area (Å²) in [5, 5.41) is 20.3. The predicted molar refractivity (Wildman–Crippen MR) is 88.4 cm³/mol. The Morgan fingerprint density at radius 3 is 1.96 bits per heavy atom. The molecule has 0 bridgehead atoms. The first-order chi connectivity index (χ1) is 11.5. The van der Waals surface area contributed by atoms with Crippen molar-refractivity contribution in [3.63, 3.8) is 0 Å². The number of benzene rings is 1. The maximum Gasteiger partial charge on any atom is 0.335 e. The second kappa shape index (κ2) is 8.59. The smallest absolute Gasteiger partial charge is 0.335 e. The molecule has 0 amide bonds. The number of carboxylic acids is 2. The van der Waals surface area contributed by atoms with Crippen molar-refractivity contribution in [3.05, 3.63) is 35.4 Å². The number of carbonyl (C=O) groups is 3. The van der Waals surface area contributed by atoms with Gasteiger partial charge in [-0.3, -0.25) is 4.79 Å². The van der Waals surface area contributed by atoms with Gasteiger partial charge in [0.1, 0.15) is 0 Å². The minimum atomic E-state index is -1.13. The average Bonchev–Trinajstić information content (AvgIpc) is 3.28. The molecule has 6 heteroatoms. The van der Waals surface area contributed by atoms with Gasteiger partial charge in [-0.05, 0) is 50.4 Å². The van der Waals surface area contributed by atoms with E-state index in [0.717, 1.165) is 31.9 Å². The maximum absolute atomic E-state index is 11.8. The topological polar surface area (TPSA) is 104 Å². The highest BCUT2D eigenvalue weighted by Gasteiger charge is 2.30. The van der Waals surface area contributed by atoms with Crippen LogP contribution in [0.3, 0.4) is 0 Å². The van der Waals surface area contributed by atoms with Gasteiger partial charge >= 0.3 is 11.9 Å². The summed E-state index contributed by atoms with van der Waals surface area (Å²) < 4.78 is 0. The Kier molecular flexibility index (Phi) is 6.49. The zero-order chi connectivity index (χ0) is 17.5. The van der Waals surface area contributed by atoms with Gasteiger partial charge in [0.25, 0.3) is 0 Å². The normalized spacial score (nSPS) is 20.2. The molecular weight excluding hydrogens is 310 g/mol. The van der Waals surface area contributed by atoms with Crippen LogP contribution in [0.2, 0.25) is 0 Å². The molecule has 1 heterocycles. The number of hydrogen-bond donors (Lipinski definition) is 3. The molecule has 6 nitrogen and oxygen atoms in total. The van der Waals surface area contributed by atoms with Crippen LogP contribution in [0.25, 0.3) is 0 Å². The summed E-state index contributed by atoms with van der Waals surface area (Å²) in [5.41, 5.74) is -0.0372. The van der Waals surface area contributed by atoms with E-state index in [2.05, 4.69) is 5.32 Å². The number of carbonyl (C=O) groups excluding carboxylic acids is 1. The summed E-state index contributed by atoms with van der Waals surface area (Å²) in [6.45, 7) is 1.04. The van der Waals surface area contributed by atoms with Crippen LogP contribution in [0.5, 0.6) is 0 Å². The molecule has 0 radical (unpaired) electrons. The van der Waals surface area contributed by atoms with Crippen molar-refractivity contribution in [2.24, 2.45) is 5.92 Å². The lowest BCUT2D eigenvalue weighted by Gasteiger charge is -2.13. The van der Waals surface area contributed by atoms with Crippen LogP contribution < -0.4 is 5.32 Å². The Bertz CT molecular complexity index is 554. The van der Waals surface area contributed by atoms with Gasteiger partial charge in [-0.15, -0.1) is 0 Å². The summed E-state index contributed by atoms with van der Waals surface area (Å²) in [4.78, 5) is 32.6. The molecule has 1 saturated carbocycles. The van der Waals surface area contributed by atoms with Gasteiger partial charge in [-0.25, -0.2) is 9.59 Å². The first-order valence-electron chi connectivity index (χ1n) is 8.33. The molecule has 1 atom stereocenters. The molecule has 130 valence electrons. The molecule has 3 rings (SSSR count). The van der Waals surface area contributed by atoms with Crippen LogP contribution in [0.15, 0.2) is 24.3 Å². The molecule has 1 saturated heterocycles. The lowest BCUT2D eigenvalue weighted by atomic mass is 9.96. The highest BCUT2D eigenvalue weighted by atomic mass is 16.4. The Labute approximate surface area is 140 Å². The van der Waals surface area contributed by atoms with E-state index in [4.69, 9.17) is 10.2 Å². The highest BCUT2D eigenvalue weighted by Crippen LogP contribution is 2.27. The van der Waals surface area contributed by atoms with Crippen molar-refractivity contribution in [2.45, 2.75) is 44.6 Å². The van der Waals surface area contributed by atoms with Crippen molar-refractivity contribution in [1.29, 1.82) is 0 Å². The summed E-state index contributed by atoms with van der Waals surface area (Å²) in [7, 11) is 0. The van der Waals surface area contributed by atoms with E-state index in [-0.39, 0.29) is 17.2 Å². The number of ketones is 1. The molecule has 1 aromatic carbocycles. The maximum atomic E-state index is 11.8. The Hall–Kier alpha value is -2.21. The molecule has 1 aromatic rings. The van der Waals surface area contributed by atoms with E-state index in [9.17, 15) is 14.4 Å². The lowest BCUT2D eigenvalue weighted by molar-refractivity contribution is -0.124. The van der Waals surface area contributed by atoms with Crippen LogP contribution in [0.4, 0.5) is 0 Å². The van der Waals surface area contributed by atoms with Crippen molar-refractivity contribution >= 4 is 17.7 Å². The summed E-state index contributed by atoms with van der Waals surface area (Å²) in [6.07, 6.45) is 7.10. The molecule has 1 aliphatic carbocycles. The fourth-order valence-corrected chi connectivity index (χ4v) is 3.21. The molecule has 24 heavy (non-hydrogen) atoms. The molecule has 3 N–H and O–H groups in total. The standard InChI is InChI=1S/C10H17NO.C8H6O4/c12-10(8-4-1-2-5-8)9-6-3-7-11-9;9-7(10)5-2-1-3-6(4-5)8(11)12/h8-9,11H,1-7H2;1-4H,(H,9,10)(H,11,12)/t9-;/m0./s1. The van der Waals surface area contributed by atoms with E-state index in [1.807, 2.05) is 0 Å². The van der Waals surface area contributed by atoms with Crippen LogP contribution in [-0.2, 0) is 4.79 Å². The molecule has 0 aromatic heterocycles. The van der Waals surface area contributed by atoms with Gasteiger partial charge in [0, 0.05) is 5.92 Å². The lowest BCUT2D eigenvalue weighted by Crippen LogP contribution is -2.34. The third-order valence-electron chi connectivity index (χ3n) is 4.52. The molecule has 2 aliphatic rings. The number of Topliss-reactive ketones (excluding diaryl/α,β-unsaturated/α-hetero) is 1. The molecule has 0 spiro atoms. The Balaban J connectivity index is 0.000000174. The molecular formula is C18H23NO5. The van der Waals surface area contributed by atoms with E-state index >= 15 is 0 Å². The SMILES string of the molecule is O=C(C1CCCC1)[C@@H]1CCCN1.O=C(O)c1cccc(C(=O)O)c1.